The highest BCUT2D eigenvalue weighted by atomic mass is 19.4. The topological polar surface area (TPSA) is 20.3 Å². The van der Waals surface area contributed by atoms with Crippen molar-refractivity contribution in [2.75, 3.05) is 13.6 Å². The summed E-state index contributed by atoms with van der Waals surface area (Å²) in [4.78, 5) is 11.6. The Morgan fingerprint density at radius 2 is 2.08 bits per heavy atom. The molecule has 0 aromatic rings. The third kappa shape index (κ3) is 4.76. The molecule has 0 aliphatic carbocycles. The lowest BCUT2D eigenvalue weighted by Gasteiger charge is -2.15. The highest BCUT2D eigenvalue weighted by molar-refractivity contribution is 5.86. The van der Waals surface area contributed by atoms with E-state index < -0.39 is 18.5 Å². The molecule has 0 rings (SSSR count). The van der Waals surface area contributed by atoms with Crippen LogP contribution in [0.3, 0.4) is 0 Å². The number of amides is 1. The zero-order valence-corrected chi connectivity index (χ0v) is 6.69. The van der Waals surface area contributed by atoms with Gasteiger partial charge in [-0.05, 0) is 6.08 Å². The van der Waals surface area contributed by atoms with Gasteiger partial charge in [0, 0.05) is 13.6 Å². The normalized spacial score (nSPS) is 11.0. The lowest BCUT2D eigenvalue weighted by Crippen LogP contribution is -2.28. The number of rotatable bonds is 3. The fourth-order valence-electron chi connectivity index (χ4n) is 0.561. The molecule has 0 radical (unpaired) electrons. The summed E-state index contributed by atoms with van der Waals surface area (Å²) in [6, 6.07) is 0. The van der Waals surface area contributed by atoms with E-state index in [-0.39, 0.29) is 6.54 Å². The third-order valence-electron chi connectivity index (χ3n) is 1.28. The fraction of sp³-hybridized carbons (Fsp3) is 0.571. The van der Waals surface area contributed by atoms with Crippen molar-refractivity contribution in [2.24, 2.45) is 0 Å². The standard InChI is InChI=1S/C7H10F3NO/c1-3-6(12)11(2)5-4-7(8,9)10/h3H,1,4-5H2,2H3. The minimum Gasteiger partial charge on any atom is -0.342 e. The van der Waals surface area contributed by atoms with Crippen molar-refractivity contribution in [3.05, 3.63) is 12.7 Å². The quantitative estimate of drug-likeness (QED) is 0.605. The molecule has 12 heavy (non-hydrogen) atoms. The van der Waals surface area contributed by atoms with Crippen LogP contribution in [0.2, 0.25) is 0 Å². The number of nitrogens with zero attached hydrogens (tertiary/aromatic N) is 1. The van der Waals surface area contributed by atoms with E-state index in [1.807, 2.05) is 0 Å². The second-order valence-electron chi connectivity index (χ2n) is 2.33. The van der Waals surface area contributed by atoms with Crippen molar-refractivity contribution in [1.82, 2.24) is 4.90 Å². The van der Waals surface area contributed by atoms with Crippen molar-refractivity contribution in [2.45, 2.75) is 12.6 Å². The van der Waals surface area contributed by atoms with Gasteiger partial charge < -0.3 is 4.90 Å². The predicted molar refractivity (Wildman–Crippen MR) is 38.5 cm³/mol. The first-order valence-electron chi connectivity index (χ1n) is 3.31. The van der Waals surface area contributed by atoms with E-state index in [1.165, 1.54) is 7.05 Å². The smallest absolute Gasteiger partial charge is 0.342 e. The molecule has 0 aliphatic heterocycles. The molecular formula is C7H10F3NO. The summed E-state index contributed by atoms with van der Waals surface area (Å²) in [5, 5.41) is 0. The van der Waals surface area contributed by atoms with Crippen LogP contribution < -0.4 is 0 Å². The van der Waals surface area contributed by atoms with Gasteiger partial charge in [0.15, 0.2) is 0 Å². The first-order valence-corrected chi connectivity index (χ1v) is 3.31. The van der Waals surface area contributed by atoms with Gasteiger partial charge in [-0.1, -0.05) is 6.58 Å². The molecule has 0 atom stereocenters. The van der Waals surface area contributed by atoms with Crippen molar-refractivity contribution in [3.63, 3.8) is 0 Å². The average molecular weight is 181 g/mol. The minimum atomic E-state index is -4.21. The van der Waals surface area contributed by atoms with Gasteiger partial charge in [0.2, 0.25) is 5.91 Å². The molecule has 5 heteroatoms. The molecule has 70 valence electrons. The van der Waals surface area contributed by atoms with Gasteiger partial charge in [-0.15, -0.1) is 0 Å². The molecule has 0 fully saturated rings. The first-order chi connectivity index (χ1) is 5.37. The van der Waals surface area contributed by atoms with Gasteiger partial charge in [-0.3, -0.25) is 4.79 Å². The van der Waals surface area contributed by atoms with Gasteiger partial charge in [0.25, 0.3) is 0 Å². The Labute approximate surface area is 68.7 Å². The Hall–Kier alpha value is -1.00. The fourth-order valence-corrected chi connectivity index (χ4v) is 0.561. The molecule has 0 N–H and O–H groups in total. The van der Waals surface area contributed by atoms with Crippen molar-refractivity contribution in [3.8, 4) is 0 Å². The van der Waals surface area contributed by atoms with E-state index in [9.17, 15) is 18.0 Å². The maximum Gasteiger partial charge on any atom is 0.390 e. The molecule has 0 aromatic carbocycles. The number of carbonyl (C=O) groups is 1. The molecule has 0 aliphatic rings. The molecule has 0 saturated carbocycles. The van der Waals surface area contributed by atoms with Gasteiger partial charge in [0.05, 0.1) is 6.42 Å². The lowest BCUT2D eigenvalue weighted by atomic mass is 10.4. The highest BCUT2D eigenvalue weighted by Gasteiger charge is 2.27. The van der Waals surface area contributed by atoms with Crippen LogP contribution in [0, 0.1) is 0 Å². The van der Waals surface area contributed by atoms with Crippen molar-refractivity contribution >= 4 is 5.91 Å². The number of hydrogen-bond acceptors (Lipinski definition) is 1. The number of halogens is 3. The Kier molecular flexibility index (Phi) is 3.79. The maximum atomic E-state index is 11.6. The number of likely N-dealkylation sites (N-methyl/N-ethyl adjacent to an activating group) is 1. The second kappa shape index (κ2) is 4.13. The first kappa shape index (κ1) is 11.0. The van der Waals surface area contributed by atoms with E-state index in [1.54, 1.807) is 0 Å². The number of hydrogen-bond donors (Lipinski definition) is 0. The van der Waals surface area contributed by atoms with Crippen molar-refractivity contribution in [1.29, 1.82) is 0 Å². The van der Waals surface area contributed by atoms with Crippen LogP contribution >= 0.6 is 0 Å². The largest absolute Gasteiger partial charge is 0.390 e. The second-order valence-corrected chi connectivity index (χ2v) is 2.33. The van der Waals surface area contributed by atoms with E-state index in [0.717, 1.165) is 11.0 Å². The highest BCUT2D eigenvalue weighted by Crippen LogP contribution is 2.19. The van der Waals surface area contributed by atoms with E-state index in [0.29, 0.717) is 0 Å². The van der Waals surface area contributed by atoms with Crippen LogP contribution in [-0.2, 0) is 4.79 Å². The minimum absolute atomic E-state index is 0.325. The summed E-state index contributed by atoms with van der Waals surface area (Å²) in [5.74, 6) is -0.501. The molecule has 0 aromatic heterocycles. The summed E-state index contributed by atoms with van der Waals surface area (Å²) >= 11 is 0. The SMILES string of the molecule is C=CC(=O)N(C)CCC(F)(F)F. The summed E-state index contributed by atoms with van der Waals surface area (Å²) in [6.07, 6.45) is -4.21. The molecule has 0 heterocycles. The summed E-state index contributed by atoms with van der Waals surface area (Å²) in [7, 11) is 1.30. The predicted octanol–water partition coefficient (Wildman–Crippen LogP) is 1.58. The zero-order chi connectivity index (χ0) is 9.78. The lowest BCUT2D eigenvalue weighted by molar-refractivity contribution is -0.142. The number of alkyl halides is 3. The van der Waals surface area contributed by atoms with Gasteiger partial charge >= 0.3 is 6.18 Å². The van der Waals surface area contributed by atoms with E-state index in [2.05, 4.69) is 6.58 Å². The van der Waals surface area contributed by atoms with Crippen LogP contribution in [-0.4, -0.2) is 30.6 Å². The van der Waals surface area contributed by atoms with Gasteiger partial charge in [-0.25, -0.2) is 0 Å². The third-order valence-corrected chi connectivity index (χ3v) is 1.28. The molecule has 0 bridgehead atoms. The molecular weight excluding hydrogens is 171 g/mol. The Bertz CT molecular complexity index is 176. The monoisotopic (exact) mass is 181 g/mol. The van der Waals surface area contributed by atoms with E-state index >= 15 is 0 Å². The Morgan fingerprint density at radius 3 is 2.42 bits per heavy atom. The summed E-state index contributed by atoms with van der Waals surface area (Å²) < 4.78 is 34.9. The van der Waals surface area contributed by atoms with Gasteiger partial charge in [-0.2, -0.15) is 13.2 Å². The Balaban J connectivity index is 3.79. The van der Waals surface area contributed by atoms with Gasteiger partial charge in [0.1, 0.15) is 0 Å². The van der Waals surface area contributed by atoms with Crippen LogP contribution in [0.4, 0.5) is 13.2 Å². The molecule has 0 saturated heterocycles. The summed E-state index contributed by atoms with van der Waals surface area (Å²) in [5.41, 5.74) is 0. The van der Waals surface area contributed by atoms with Crippen LogP contribution in [0.1, 0.15) is 6.42 Å². The Morgan fingerprint density at radius 1 is 1.58 bits per heavy atom. The molecule has 1 amide bonds. The number of carbonyl (C=O) groups excluding carboxylic acids is 1. The average Bonchev–Trinajstić information content (AvgIpc) is 1.97. The van der Waals surface area contributed by atoms with E-state index in [4.69, 9.17) is 0 Å². The molecule has 0 unspecified atom stereocenters. The van der Waals surface area contributed by atoms with Crippen molar-refractivity contribution < 1.29 is 18.0 Å². The molecule has 0 spiro atoms. The zero-order valence-electron chi connectivity index (χ0n) is 6.69. The summed E-state index contributed by atoms with van der Waals surface area (Å²) in [6.45, 7) is 2.83. The van der Waals surface area contributed by atoms with Crippen LogP contribution in [0.15, 0.2) is 12.7 Å². The van der Waals surface area contributed by atoms with Crippen LogP contribution in [0.25, 0.3) is 0 Å². The van der Waals surface area contributed by atoms with Crippen LogP contribution in [0.5, 0.6) is 0 Å². The molecule has 2 nitrogen and oxygen atoms in total. The maximum absolute atomic E-state index is 11.6.